The van der Waals surface area contributed by atoms with Gasteiger partial charge in [0.05, 0.1) is 11.5 Å². The van der Waals surface area contributed by atoms with Gasteiger partial charge in [-0.25, -0.2) is 4.39 Å². The third-order valence-electron chi connectivity index (χ3n) is 2.67. The minimum atomic E-state index is -0.712. The zero-order valence-corrected chi connectivity index (χ0v) is 8.76. The molecule has 0 saturated carbocycles. The number of nitrogens with zero attached hydrogens (tertiary/aromatic N) is 1. The van der Waals surface area contributed by atoms with E-state index in [1.807, 2.05) is 13.8 Å². The van der Waals surface area contributed by atoms with Crippen molar-refractivity contribution in [2.24, 2.45) is 0 Å². The predicted octanol–water partition coefficient (Wildman–Crippen LogP) is 3.33. The molecule has 1 atom stereocenters. The molecule has 0 fully saturated rings. The first-order valence-corrected chi connectivity index (χ1v) is 4.71. The van der Waals surface area contributed by atoms with Gasteiger partial charge in [0.1, 0.15) is 5.82 Å². The second-order valence-electron chi connectivity index (χ2n) is 3.78. The van der Waals surface area contributed by atoms with E-state index in [1.165, 1.54) is 6.07 Å². The van der Waals surface area contributed by atoms with Crippen molar-refractivity contribution in [1.29, 1.82) is 5.26 Å². The van der Waals surface area contributed by atoms with Crippen molar-refractivity contribution >= 4 is 0 Å². The summed E-state index contributed by atoms with van der Waals surface area (Å²) in [5.74, 6) is -0.290. The lowest BCUT2D eigenvalue weighted by Crippen LogP contribution is -2.20. The number of nitriles is 1. The lowest BCUT2D eigenvalue weighted by Gasteiger charge is -2.20. The maximum atomic E-state index is 13.5. The molecule has 0 aliphatic rings. The Labute approximate surface area is 84.2 Å². The fraction of sp³-hybridized carbons (Fsp3) is 0.417. The molecule has 1 aromatic carbocycles. The van der Waals surface area contributed by atoms with Crippen LogP contribution in [0.25, 0.3) is 0 Å². The van der Waals surface area contributed by atoms with E-state index in [2.05, 4.69) is 6.07 Å². The van der Waals surface area contributed by atoms with Crippen LogP contribution in [-0.4, -0.2) is 0 Å². The van der Waals surface area contributed by atoms with Crippen molar-refractivity contribution in [2.75, 3.05) is 0 Å². The van der Waals surface area contributed by atoms with Crippen LogP contribution in [0, 0.1) is 24.1 Å². The largest absolute Gasteiger partial charge is 0.207 e. The Morgan fingerprint density at radius 3 is 2.64 bits per heavy atom. The summed E-state index contributed by atoms with van der Waals surface area (Å²) in [6.07, 6.45) is 0.615. The Balaban J connectivity index is 3.31. The van der Waals surface area contributed by atoms with Crippen LogP contribution in [0.5, 0.6) is 0 Å². The molecule has 0 N–H and O–H groups in total. The molecule has 14 heavy (non-hydrogen) atoms. The van der Waals surface area contributed by atoms with Crippen LogP contribution in [0.1, 0.15) is 31.4 Å². The molecule has 0 aromatic heterocycles. The monoisotopic (exact) mass is 191 g/mol. The Hall–Kier alpha value is -1.36. The van der Waals surface area contributed by atoms with Crippen molar-refractivity contribution in [3.05, 3.63) is 35.1 Å². The molecule has 0 spiro atoms. The number of halogens is 1. The summed E-state index contributed by atoms with van der Waals surface area (Å²) in [5, 5.41) is 9.04. The van der Waals surface area contributed by atoms with Gasteiger partial charge in [-0.05, 0) is 26.3 Å². The van der Waals surface area contributed by atoms with Crippen LogP contribution in [0.4, 0.5) is 4.39 Å². The highest BCUT2D eigenvalue weighted by molar-refractivity contribution is 5.35. The van der Waals surface area contributed by atoms with Gasteiger partial charge < -0.3 is 0 Å². The van der Waals surface area contributed by atoms with Gasteiger partial charge in [0.15, 0.2) is 0 Å². The molecule has 0 bridgehead atoms. The highest BCUT2D eigenvalue weighted by Crippen LogP contribution is 2.29. The molecule has 0 radical (unpaired) electrons. The van der Waals surface area contributed by atoms with E-state index >= 15 is 0 Å². The quantitative estimate of drug-likeness (QED) is 0.703. The standard InChI is InChI=1S/C12H14FN/c1-4-12(3,8-14)10-7-9(2)5-6-11(10)13/h5-7H,4H2,1-3H3. The van der Waals surface area contributed by atoms with E-state index in [-0.39, 0.29) is 5.82 Å². The first-order valence-electron chi connectivity index (χ1n) is 4.71. The Bertz CT molecular complexity index is 378. The molecule has 1 unspecified atom stereocenters. The molecule has 0 amide bonds. The molecular formula is C12H14FN. The van der Waals surface area contributed by atoms with E-state index in [9.17, 15) is 4.39 Å². The fourth-order valence-corrected chi connectivity index (χ4v) is 1.39. The summed E-state index contributed by atoms with van der Waals surface area (Å²) in [5.41, 5.74) is 0.773. The SMILES string of the molecule is CCC(C)(C#N)c1cc(C)ccc1F. The highest BCUT2D eigenvalue weighted by atomic mass is 19.1. The number of aryl methyl sites for hydroxylation is 1. The molecular weight excluding hydrogens is 177 g/mol. The van der Waals surface area contributed by atoms with Gasteiger partial charge in [-0.2, -0.15) is 5.26 Å². The fourth-order valence-electron chi connectivity index (χ4n) is 1.39. The second kappa shape index (κ2) is 3.79. The first-order chi connectivity index (χ1) is 6.53. The van der Waals surface area contributed by atoms with E-state index in [4.69, 9.17) is 5.26 Å². The normalized spacial score (nSPS) is 14.5. The van der Waals surface area contributed by atoms with Crippen LogP contribution < -0.4 is 0 Å². The summed E-state index contributed by atoms with van der Waals surface area (Å²) in [6.45, 7) is 5.56. The van der Waals surface area contributed by atoms with Gasteiger partial charge in [0.25, 0.3) is 0 Å². The molecule has 0 saturated heterocycles. The molecule has 2 heteroatoms. The van der Waals surface area contributed by atoms with E-state index in [0.29, 0.717) is 12.0 Å². The molecule has 74 valence electrons. The average Bonchev–Trinajstić information content (AvgIpc) is 2.20. The third kappa shape index (κ3) is 1.77. The van der Waals surface area contributed by atoms with Crippen LogP contribution in [0.15, 0.2) is 18.2 Å². The highest BCUT2D eigenvalue weighted by Gasteiger charge is 2.27. The Morgan fingerprint density at radius 1 is 1.50 bits per heavy atom. The summed E-state index contributed by atoms with van der Waals surface area (Å²) < 4.78 is 13.5. The van der Waals surface area contributed by atoms with Gasteiger partial charge in [-0.15, -0.1) is 0 Å². The number of rotatable bonds is 2. The number of benzene rings is 1. The van der Waals surface area contributed by atoms with Gasteiger partial charge in [0.2, 0.25) is 0 Å². The van der Waals surface area contributed by atoms with Crippen molar-refractivity contribution in [2.45, 2.75) is 32.6 Å². The predicted molar refractivity (Wildman–Crippen MR) is 54.4 cm³/mol. The third-order valence-corrected chi connectivity index (χ3v) is 2.67. The topological polar surface area (TPSA) is 23.8 Å². The molecule has 1 nitrogen and oxygen atoms in total. The summed E-state index contributed by atoms with van der Waals surface area (Å²) in [4.78, 5) is 0. The minimum Gasteiger partial charge on any atom is -0.207 e. The van der Waals surface area contributed by atoms with Crippen molar-refractivity contribution < 1.29 is 4.39 Å². The lowest BCUT2D eigenvalue weighted by atomic mass is 9.81. The van der Waals surface area contributed by atoms with Gasteiger partial charge in [-0.1, -0.05) is 24.6 Å². The smallest absolute Gasteiger partial charge is 0.128 e. The number of hydrogen-bond acceptors (Lipinski definition) is 1. The summed E-state index contributed by atoms with van der Waals surface area (Å²) >= 11 is 0. The maximum absolute atomic E-state index is 13.5. The first kappa shape index (κ1) is 10.7. The number of hydrogen-bond donors (Lipinski definition) is 0. The molecule has 1 aromatic rings. The van der Waals surface area contributed by atoms with Crippen molar-refractivity contribution in [1.82, 2.24) is 0 Å². The minimum absolute atomic E-state index is 0.290. The Morgan fingerprint density at radius 2 is 2.14 bits per heavy atom. The van der Waals surface area contributed by atoms with E-state index < -0.39 is 5.41 Å². The zero-order chi connectivity index (χ0) is 10.8. The maximum Gasteiger partial charge on any atom is 0.128 e. The summed E-state index contributed by atoms with van der Waals surface area (Å²) in [7, 11) is 0. The molecule has 0 heterocycles. The van der Waals surface area contributed by atoms with Crippen molar-refractivity contribution in [3.8, 4) is 6.07 Å². The van der Waals surface area contributed by atoms with Crippen molar-refractivity contribution in [3.63, 3.8) is 0 Å². The van der Waals surface area contributed by atoms with E-state index in [0.717, 1.165) is 5.56 Å². The summed E-state index contributed by atoms with van der Waals surface area (Å²) in [6, 6.07) is 7.07. The van der Waals surface area contributed by atoms with E-state index in [1.54, 1.807) is 19.1 Å². The Kier molecular flexibility index (Phi) is 2.90. The van der Waals surface area contributed by atoms with Crippen LogP contribution >= 0.6 is 0 Å². The van der Waals surface area contributed by atoms with Crippen LogP contribution in [0.3, 0.4) is 0 Å². The second-order valence-corrected chi connectivity index (χ2v) is 3.78. The molecule has 1 rings (SSSR count). The van der Waals surface area contributed by atoms with Crippen LogP contribution in [0.2, 0.25) is 0 Å². The average molecular weight is 191 g/mol. The molecule has 0 aliphatic heterocycles. The zero-order valence-electron chi connectivity index (χ0n) is 8.76. The lowest BCUT2D eigenvalue weighted by molar-refractivity contribution is 0.524. The van der Waals surface area contributed by atoms with Crippen LogP contribution in [-0.2, 0) is 5.41 Å². The van der Waals surface area contributed by atoms with Gasteiger partial charge >= 0.3 is 0 Å². The van der Waals surface area contributed by atoms with Gasteiger partial charge in [0, 0.05) is 5.56 Å². The molecule has 0 aliphatic carbocycles. The van der Waals surface area contributed by atoms with Gasteiger partial charge in [-0.3, -0.25) is 0 Å².